The van der Waals surface area contributed by atoms with E-state index in [4.69, 9.17) is 10.00 Å². The lowest BCUT2D eigenvalue weighted by Gasteiger charge is -2.27. The van der Waals surface area contributed by atoms with Crippen molar-refractivity contribution in [2.24, 2.45) is 0 Å². The molecule has 3 heteroatoms. The van der Waals surface area contributed by atoms with Gasteiger partial charge in [0, 0.05) is 6.42 Å². The zero-order valence-corrected chi connectivity index (χ0v) is 18.3. The molecule has 4 rings (SSSR count). The SMILES string of the molecule is N#Cc1ccc(OCCC[P+](c2ccccc2)(c2ccccc2)c2ccccc2)cc1. The summed E-state index contributed by atoms with van der Waals surface area (Å²) in [5.41, 5.74) is 0.648. The van der Waals surface area contributed by atoms with E-state index < -0.39 is 7.26 Å². The van der Waals surface area contributed by atoms with E-state index in [-0.39, 0.29) is 0 Å². The van der Waals surface area contributed by atoms with Crippen LogP contribution in [0.2, 0.25) is 0 Å². The molecule has 4 aromatic carbocycles. The van der Waals surface area contributed by atoms with Crippen LogP contribution < -0.4 is 20.7 Å². The summed E-state index contributed by atoms with van der Waals surface area (Å²) in [6.07, 6.45) is 1.97. The fourth-order valence-electron chi connectivity index (χ4n) is 4.00. The third kappa shape index (κ3) is 4.69. The predicted molar refractivity (Wildman–Crippen MR) is 131 cm³/mol. The third-order valence-electron chi connectivity index (χ3n) is 5.48. The highest BCUT2D eigenvalue weighted by atomic mass is 31.2. The van der Waals surface area contributed by atoms with Gasteiger partial charge in [-0.15, -0.1) is 0 Å². The molecule has 0 atom stereocenters. The smallest absolute Gasteiger partial charge is 0.119 e. The van der Waals surface area contributed by atoms with Crippen LogP contribution >= 0.6 is 7.26 Å². The minimum absolute atomic E-state index is 0.639. The van der Waals surface area contributed by atoms with E-state index in [1.165, 1.54) is 15.9 Å². The number of hydrogen-bond donors (Lipinski definition) is 0. The maximum Gasteiger partial charge on any atom is 0.119 e. The molecule has 0 aliphatic carbocycles. The van der Waals surface area contributed by atoms with Gasteiger partial charge >= 0.3 is 0 Å². The Hall–Kier alpha value is -3.40. The van der Waals surface area contributed by atoms with Gasteiger partial charge in [-0.2, -0.15) is 5.26 Å². The van der Waals surface area contributed by atoms with Crippen molar-refractivity contribution in [3.8, 4) is 11.8 Å². The number of ether oxygens (including phenoxy) is 1. The first-order valence-electron chi connectivity index (χ1n) is 10.5. The average molecular weight is 422 g/mol. The lowest BCUT2D eigenvalue weighted by Crippen LogP contribution is -2.33. The molecule has 0 radical (unpaired) electrons. The van der Waals surface area contributed by atoms with Crippen LogP contribution in [0, 0.1) is 11.3 Å². The van der Waals surface area contributed by atoms with Gasteiger partial charge in [0.1, 0.15) is 28.9 Å². The van der Waals surface area contributed by atoms with E-state index in [1.807, 2.05) is 12.1 Å². The van der Waals surface area contributed by atoms with Crippen molar-refractivity contribution in [1.82, 2.24) is 0 Å². The van der Waals surface area contributed by atoms with Gasteiger partial charge in [-0.25, -0.2) is 0 Å². The topological polar surface area (TPSA) is 33.0 Å². The molecule has 2 nitrogen and oxygen atoms in total. The molecule has 0 saturated heterocycles. The summed E-state index contributed by atoms with van der Waals surface area (Å²) in [5.74, 6) is 0.807. The summed E-state index contributed by atoms with van der Waals surface area (Å²) in [5, 5.41) is 13.2. The monoisotopic (exact) mass is 422 g/mol. The van der Waals surface area contributed by atoms with E-state index in [0.29, 0.717) is 12.2 Å². The van der Waals surface area contributed by atoms with Crippen molar-refractivity contribution in [1.29, 1.82) is 5.26 Å². The predicted octanol–water partition coefficient (Wildman–Crippen LogP) is 5.32. The Morgan fingerprint density at radius 1 is 0.613 bits per heavy atom. The first-order chi connectivity index (χ1) is 15.3. The molecule has 0 aliphatic heterocycles. The zero-order valence-electron chi connectivity index (χ0n) is 17.4. The summed E-state index contributed by atoms with van der Waals surface area (Å²) < 4.78 is 6.02. The van der Waals surface area contributed by atoms with Crippen LogP contribution in [0.3, 0.4) is 0 Å². The number of nitrogens with zero attached hydrogens (tertiary/aromatic N) is 1. The second kappa shape index (κ2) is 10.1. The first kappa shape index (κ1) is 20.9. The highest BCUT2D eigenvalue weighted by molar-refractivity contribution is 7.95. The standard InChI is InChI=1S/C28H25NOP/c29-23-24-17-19-25(20-18-24)30-21-10-22-31(26-11-4-1-5-12-26,27-13-6-2-7-14-27)28-15-8-3-9-16-28/h1-9,11-20H,10,21-22H2/q+1. The van der Waals surface area contributed by atoms with E-state index in [9.17, 15) is 0 Å². The number of nitriles is 1. The number of benzene rings is 4. The molecule has 0 aromatic heterocycles. The Kier molecular flexibility index (Phi) is 6.78. The van der Waals surface area contributed by atoms with Crippen molar-refractivity contribution in [3.05, 3.63) is 121 Å². The minimum Gasteiger partial charge on any atom is -0.493 e. The van der Waals surface area contributed by atoms with E-state index in [0.717, 1.165) is 18.3 Å². The highest BCUT2D eigenvalue weighted by Crippen LogP contribution is 2.55. The summed E-state index contributed by atoms with van der Waals surface area (Å²) in [6.45, 7) is 0.639. The van der Waals surface area contributed by atoms with Gasteiger partial charge in [-0.3, -0.25) is 0 Å². The van der Waals surface area contributed by atoms with Gasteiger partial charge in [-0.1, -0.05) is 54.6 Å². The molecule has 0 N–H and O–H groups in total. The molecule has 31 heavy (non-hydrogen) atoms. The molecule has 0 spiro atoms. The fraction of sp³-hybridized carbons (Fsp3) is 0.107. The Labute approximate surface area is 185 Å². The van der Waals surface area contributed by atoms with E-state index in [1.54, 1.807) is 12.1 Å². The molecule has 152 valence electrons. The Morgan fingerprint density at radius 2 is 1.06 bits per heavy atom. The summed E-state index contributed by atoms with van der Waals surface area (Å²) in [7, 11) is -1.81. The van der Waals surface area contributed by atoms with E-state index >= 15 is 0 Å². The third-order valence-corrected chi connectivity index (χ3v) is 10.0. The second-order valence-corrected chi connectivity index (χ2v) is 11.0. The van der Waals surface area contributed by atoms with E-state index in [2.05, 4.69) is 97.1 Å². The molecule has 0 fully saturated rings. The molecular weight excluding hydrogens is 397 g/mol. The van der Waals surface area contributed by atoms with Crippen LogP contribution in [0.25, 0.3) is 0 Å². The van der Waals surface area contributed by atoms with Gasteiger partial charge in [0.15, 0.2) is 0 Å². The van der Waals surface area contributed by atoms with Gasteiger partial charge in [-0.05, 0) is 60.7 Å². The molecule has 0 amide bonds. The van der Waals surface area contributed by atoms with Crippen LogP contribution in [-0.2, 0) is 0 Å². The van der Waals surface area contributed by atoms with Crippen LogP contribution in [0.4, 0.5) is 0 Å². The van der Waals surface area contributed by atoms with Gasteiger partial charge in [0.2, 0.25) is 0 Å². The lowest BCUT2D eigenvalue weighted by molar-refractivity contribution is 0.318. The Bertz CT molecular complexity index is 1020. The van der Waals surface area contributed by atoms with Crippen molar-refractivity contribution >= 4 is 23.2 Å². The maximum atomic E-state index is 8.97. The maximum absolute atomic E-state index is 8.97. The van der Waals surface area contributed by atoms with Crippen LogP contribution in [0.1, 0.15) is 12.0 Å². The molecule has 4 aromatic rings. The fourth-order valence-corrected chi connectivity index (χ4v) is 8.32. The number of rotatable bonds is 8. The quantitative estimate of drug-likeness (QED) is 0.284. The largest absolute Gasteiger partial charge is 0.493 e. The molecule has 0 saturated carbocycles. The van der Waals surface area contributed by atoms with Crippen molar-refractivity contribution in [2.45, 2.75) is 6.42 Å². The average Bonchev–Trinajstić information content (AvgIpc) is 2.86. The van der Waals surface area contributed by atoms with Crippen LogP contribution in [0.5, 0.6) is 5.75 Å². The normalized spacial score (nSPS) is 10.9. The Balaban J connectivity index is 1.64. The highest BCUT2D eigenvalue weighted by Gasteiger charge is 2.44. The molecule has 0 unspecified atom stereocenters. The molecule has 0 bridgehead atoms. The molecular formula is C28H25NOP+. The van der Waals surface area contributed by atoms with Gasteiger partial charge < -0.3 is 4.74 Å². The summed E-state index contributed by atoms with van der Waals surface area (Å²) >= 11 is 0. The van der Waals surface area contributed by atoms with Crippen molar-refractivity contribution in [3.63, 3.8) is 0 Å². The molecule has 0 aliphatic rings. The van der Waals surface area contributed by atoms with Crippen molar-refractivity contribution in [2.75, 3.05) is 12.8 Å². The second-order valence-electron chi connectivity index (χ2n) is 7.38. The molecule has 0 heterocycles. The Morgan fingerprint density at radius 3 is 1.48 bits per heavy atom. The van der Waals surface area contributed by atoms with Gasteiger partial charge in [0.25, 0.3) is 0 Å². The lowest BCUT2D eigenvalue weighted by atomic mass is 10.2. The summed E-state index contributed by atoms with van der Waals surface area (Å²) in [6, 6.07) is 42.2. The van der Waals surface area contributed by atoms with Gasteiger partial charge in [0.05, 0.1) is 24.4 Å². The van der Waals surface area contributed by atoms with Crippen LogP contribution in [-0.4, -0.2) is 12.8 Å². The summed E-state index contributed by atoms with van der Waals surface area (Å²) in [4.78, 5) is 0. The number of hydrogen-bond acceptors (Lipinski definition) is 2. The van der Waals surface area contributed by atoms with Crippen molar-refractivity contribution < 1.29 is 4.74 Å². The minimum atomic E-state index is -1.81. The van der Waals surface area contributed by atoms with Crippen LogP contribution in [0.15, 0.2) is 115 Å². The first-order valence-corrected chi connectivity index (χ1v) is 12.5. The zero-order chi connectivity index (χ0) is 21.4.